The summed E-state index contributed by atoms with van der Waals surface area (Å²) in [6.45, 7) is 1.43. The Labute approximate surface area is 159 Å². The average Bonchev–Trinajstić information content (AvgIpc) is 2.59. The molecule has 1 aliphatic heterocycles. The van der Waals surface area contributed by atoms with Gasteiger partial charge in [-0.3, -0.25) is 4.79 Å². The lowest BCUT2D eigenvalue weighted by Gasteiger charge is -2.20. The van der Waals surface area contributed by atoms with Crippen molar-refractivity contribution in [3.63, 3.8) is 0 Å². The molecule has 132 valence electrons. The Hall–Kier alpha value is -1.92. The second-order valence-electron chi connectivity index (χ2n) is 5.43. The molecule has 0 unspecified atom stereocenters. The number of rotatable bonds is 6. The van der Waals surface area contributed by atoms with E-state index in [0.717, 1.165) is 10.2 Å². The second kappa shape index (κ2) is 8.45. The van der Waals surface area contributed by atoms with Crippen molar-refractivity contribution >= 4 is 39.1 Å². The lowest BCUT2D eigenvalue weighted by Crippen LogP contribution is -2.17. The smallest absolute Gasteiger partial charge is 0.224 e. The van der Waals surface area contributed by atoms with E-state index in [0.29, 0.717) is 54.9 Å². The van der Waals surface area contributed by atoms with Gasteiger partial charge in [-0.15, -0.1) is 0 Å². The van der Waals surface area contributed by atoms with E-state index in [2.05, 4.69) is 21.2 Å². The second-order valence-corrected chi connectivity index (χ2v) is 6.76. The maximum absolute atomic E-state index is 12.1. The van der Waals surface area contributed by atoms with E-state index in [1.807, 2.05) is 24.3 Å². The summed E-state index contributed by atoms with van der Waals surface area (Å²) in [6.07, 6.45) is 0.930. The monoisotopic (exact) mass is 425 g/mol. The van der Waals surface area contributed by atoms with Crippen LogP contribution in [0.3, 0.4) is 0 Å². The molecule has 7 heteroatoms. The third-order valence-electron chi connectivity index (χ3n) is 3.52. The first kappa shape index (κ1) is 17.9. The standard InChI is InChI=1S/C18H17BrClNO4/c19-12-3-1-4-13(9-12)23-6-2-5-18(22)21-15-11-17-16(10-14(15)20)24-7-8-25-17/h1,3-4,9-11H,2,5-8H2,(H,21,22). The van der Waals surface area contributed by atoms with Gasteiger partial charge in [0.1, 0.15) is 19.0 Å². The van der Waals surface area contributed by atoms with E-state index in [9.17, 15) is 4.79 Å². The molecular weight excluding hydrogens is 410 g/mol. The highest BCUT2D eigenvalue weighted by atomic mass is 79.9. The van der Waals surface area contributed by atoms with Gasteiger partial charge in [0.15, 0.2) is 11.5 Å². The van der Waals surface area contributed by atoms with E-state index >= 15 is 0 Å². The van der Waals surface area contributed by atoms with E-state index in [4.69, 9.17) is 25.8 Å². The van der Waals surface area contributed by atoms with Crippen LogP contribution in [0.15, 0.2) is 40.9 Å². The molecule has 3 rings (SSSR count). The summed E-state index contributed by atoms with van der Waals surface area (Å²) in [6, 6.07) is 10.9. The minimum atomic E-state index is -0.128. The van der Waals surface area contributed by atoms with Crippen LogP contribution in [0.25, 0.3) is 0 Å². The van der Waals surface area contributed by atoms with Crippen molar-refractivity contribution in [1.82, 2.24) is 0 Å². The van der Waals surface area contributed by atoms with Crippen molar-refractivity contribution in [2.75, 3.05) is 25.1 Å². The lowest BCUT2D eigenvalue weighted by molar-refractivity contribution is -0.116. The number of ether oxygens (including phenoxy) is 3. The van der Waals surface area contributed by atoms with Gasteiger partial charge in [-0.25, -0.2) is 0 Å². The van der Waals surface area contributed by atoms with Crippen LogP contribution in [0.1, 0.15) is 12.8 Å². The number of benzene rings is 2. The Bertz CT molecular complexity index is 769. The molecule has 2 aromatic rings. The quantitative estimate of drug-likeness (QED) is 0.682. The van der Waals surface area contributed by atoms with Crippen molar-refractivity contribution in [3.05, 3.63) is 45.9 Å². The molecule has 1 heterocycles. The van der Waals surface area contributed by atoms with Gasteiger partial charge in [0.25, 0.3) is 0 Å². The number of fused-ring (bicyclic) bond motifs is 1. The fourth-order valence-electron chi connectivity index (χ4n) is 2.35. The molecule has 0 fully saturated rings. The molecule has 25 heavy (non-hydrogen) atoms. The molecule has 0 atom stereocenters. The Morgan fingerprint density at radius 3 is 2.72 bits per heavy atom. The van der Waals surface area contributed by atoms with E-state index in [1.165, 1.54) is 0 Å². The molecule has 0 spiro atoms. The number of amides is 1. The zero-order valence-corrected chi connectivity index (χ0v) is 15.7. The van der Waals surface area contributed by atoms with Crippen molar-refractivity contribution in [3.8, 4) is 17.2 Å². The number of hydrogen-bond donors (Lipinski definition) is 1. The molecule has 0 radical (unpaired) electrons. The highest BCUT2D eigenvalue weighted by Gasteiger charge is 2.16. The molecule has 0 saturated carbocycles. The summed E-state index contributed by atoms with van der Waals surface area (Å²) in [5.41, 5.74) is 0.517. The van der Waals surface area contributed by atoms with Crippen LogP contribution in [0.2, 0.25) is 5.02 Å². The first-order valence-corrected chi connectivity index (χ1v) is 9.06. The molecule has 2 aromatic carbocycles. The number of nitrogens with one attached hydrogen (secondary N) is 1. The number of halogens is 2. The third kappa shape index (κ3) is 5.03. The van der Waals surface area contributed by atoms with E-state index in [-0.39, 0.29) is 5.91 Å². The number of carbonyl (C=O) groups is 1. The zero-order chi connectivity index (χ0) is 17.6. The SMILES string of the molecule is O=C(CCCOc1cccc(Br)c1)Nc1cc2c(cc1Cl)OCCO2. The van der Waals surface area contributed by atoms with Gasteiger partial charge in [0.05, 0.1) is 17.3 Å². The maximum atomic E-state index is 12.1. The largest absolute Gasteiger partial charge is 0.494 e. The molecule has 1 amide bonds. The molecule has 0 aromatic heterocycles. The summed E-state index contributed by atoms with van der Waals surface area (Å²) in [4.78, 5) is 12.1. The van der Waals surface area contributed by atoms with E-state index in [1.54, 1.807) is 12.1 Å². The lowest BCUT2D eigenvalue weighted by atomic mass is 10.2. The predicted molar refractivity (Wildman–Crippen MR) is 99.9 cm³/mol. The van der Waals surface area contributed by atoms with Gasteiger partial charge >= 0.3 is 0 Å². The number of anilines is 1. The fourth-order valence-corrected chi connectivity index (χ4v) is 2.93. The van der Waals surface area contributed by atoms with Crippen molar-refractivity contribution in [2.24, 2.45) is 0 Å². The first-order valence-electron chi connectivity index (χ1n) is 7.89. The van der Waals surface area contributed by atoms with Crippen molar-refractivity contribution < 1.29 is 19.0 Å². The van der Waals surface area contributed by atoms with Gasteiger partial charge < -0.3 is 19.5 Å². The number of hydrogen-bond acceptors (Lipinski definition) is 4. The normalized spacial score (nSPS) is 12.6. The van der Waals surface area contributed by atoms with Crippen LogP contribution in [0.4, 0.5) is 5.69 Å². The Morgan fingerprint density at radius 1 is 1.20 bits per heavy atom. The zero-order valence-electron chi connectivity index (χ0n) is 13.4. The Morgan fingerprint density at radius 2 is 1.96 bits per heavy atom. The molecule has 0 aliphatic carbocycles. The summed E-state index contributed by atoms with van der Waals surface area (Å²) in [5.74, 6) is 1.82. The molecule has 0 saturated heterocycles. The Balaban J connectivity index is 1.48. The molecule has 1 aliphatic rings. The van der Waals surface area contributed by atoms with Gasteiger partial charge in [-0.05, 0) is 24.6 Å². The number of carbonyl (C=O) groups excluding carboxylic acids is 1. The van der Waals surface area contributed by atoms with Gasteiger partial charge in [0.2, 0.25) is 5.91 Å². The van der Waals surface area contributed by atoms with Gasteiger partial charge in [-0.1, -0.05) is 33.6 Å². The minimum Gasteiger partial charge on any atom is -0.494 e. The summed E-state index contributed by atoms with van der Waals surface area (Å²) in [5, 5.41) is 3.22. The predicted octanol–water partition coefficient (Wildman–Crippen LogP) is 4.67. The molecular formula is C18H17BrClNO4. The highest BCUT2D eigenvalue weighted by Crippen LogP contribution is 2.38. The van der Waals surface area contributed by atoms with Crippen LogP contribution < -0.4 is 19.5 Å². The average molecular weight is 427 g/mol. The molecule has 1 N–H and O–H groups in total. The van der Waals surface area contributed by atoms with Crippen LogP contribution >= 0.6 is 27.5 Å². The summed E-state index contributed by atoms with van der Waals surface area (Å²) in [7, 11) is 0. The molecule has 5 nitrogen and oxygen atoms in total. The van der Waals surface area contributed by atoms with Gasteiger partial charge in [-0.2, -0.15) is 0 Å². The van der Waals surface area contributed by atoms with Gasteiger partial charge in [0, 0.05) is 23.0 Å². The fraction of sp³-hybridized carbons (Fsp3) is 0.278. The van der Waals surface area contributed by atoms with Crippen molar-refractivity contribution in [2.45, 2.75) is 12.8 Å². The van der Waals surface area contributed by atoms with Crippen LogP contribution in [0, 0.1) is 0 Å². The minimum absolute atomic E-state index is 0.128. The van der Waals surface area contributed by atoms with Crippen LogP contribution in [-0.4, -0.2) is 25.7 Å². The first-order chi connectivity index (χ1) is 12.1. The summed E-state index contributed by atoms with van der Waals surface area (Å²) < 4.78 is 17.5. The molecule has 0 bridgehead atoms. The van der Waals surface area contributed by atoms with E-state index < -0.39 is 0 Å². The highest BCUT2D eigenvalue weighted by molar-refractivity contribution is 9.10. The topological polar surface area (TPSA) is 56.8 Å². The van der Waals surface area contributed by atoms with Crippen LogP contribution in [-0.2, 0) is 4.79 Å². The third-order valence-corrected chi connectivity index (χ3v) is 4.32. The van der Waals surface area contributed by atoms with Crippen LogP contribution in [0.5, 0.6) is 17.2 Å². The van der Waals surface area contributed by atoms with Crippen molar-refractivity contribution in [1.29, 1.82) is 0 Å². The summed E-state index contributed by atoms with van der Waals surface area (Å²) >= 11 is 9.57. The maximum Gasteiger partial charge on any atom is 0.224 e. The Kier molecular flexibility index (Phi) is 6.04.